The zero-order valence-corrected chi connectivity index (χ0v) is 14.1. The summed E-state index contributed by atoms with van der Waals surface area (Å²) in [6.07, 6.45) is 5.57. The lowest BCUT2D eigenvalue weighted by molar-refractivity contribution is 0.403. The highest BCUT2D eigenvalue weighted by Crippen LogP contribution is 2.29. The number of aryl methyl sites for hydroxylation is 1. The molecule has 0 amide bonds. The van der Waals surface area contributed by atoms with Crippen LogP contribution in [0.25, 0.3) is 10.7 Å². The molecule has 0 aliphatic rings. The highest BCUT2D eigenvalue weighted by Gasteiger charge is 2.18. The summed E-state index contributed by atoms with van der Waals surface area (Å²) in [6, 6.07) is 2.30. The van der Waals surface area contributed by atoms with Gasteiger partial charge in [-0.2, -0.15) is 0 Å². The van der Waals surface area contributed by atoms with Gasteiger partial charge in [-0.3, -0.25) is 0 Å². The molecule has 0 N–H and O–H groups in total. The maximum absolute atomic E-state index is 4.54. The quantitative estimate of drug-likeness (QED) is 0.725. The predicted molar refractivity (Wildman–Crippen MR) is 87.7 cm³/mol. The van der Waals surface area contributed by atoms with Crippen LogP contribution in [0.1, 0.15) is 24.4 Å². The van der Waals surface area contributed by atoms with Gasteiger partial charge in [-0.1, -0.05) is 0 Å². The summed E-state index contributed by atoms with van der Waals surface area (Å²) in [7, 11) is 6.12. The van der Waals surface area contributed by atoms with Crippen molar-refractivity contribution in [3.8, 4) is 10.7 Å². The van der Waals surface area contributed by atoms with Crippen LogP contribution in [0.3, 0.4) is 0 Å². The van der Waals surface area contributed by atoms with E-state index in [1.165, 1.54) is 10.4 Å². The summed E-state index contributed by atoms with van der Waals surface area (Å²) >= 11 is 1.73. The van der Waals surface area contributed by atoms with Crippen LogP contribution in [0.2, 0.25) is 0 Å². The van der Waals surface area contributed by atoms with Crippen molar-refractivity contribution in [3.63, 3.8) is 0 Å². The molecular weight excluding hydrogens is 296 g/mol. The third-order valence-corrected chi connectivity index (χ3v) is 4.55. The van der Waals surface area contributed by atoms with E-state index >= 15 is 0 Å². The Bertz CT molecular complexity index is 754. The summed E-state index contributed by atoms with van der Waals surface area (Å²) in [5.74, 6) is 1.90. The van der Waals surface area contributed by atoms with Crippen LogP contribution in [0.5, 0.6) is 0 Å². The smallest absolute Gasteiger partial charge is 0.155 e. The Balaban J connectivity index is 1.92. The minimum Gasteiger partial charge on any atom is -0.320 e. The van der Waals surface area contributed by atoms with Crippen LogP contribution in [-0.2, 0) is 13.6 Å². The number of rotatable bonds is 5. The zero-order valence-electron chi connectivity index (χ0n) is 13.3. The van der Waals surface area contributed by atoms with E-state index in [-0.39, 0.29) is 6.04 Å². The van der Waals surface area contributed by atoms with Crippen molar-refractivity contribution >= 4 is 11.3 Å². The highest BCUT2D eigenvalue weighted by atomic mass is 32.1. The number of hydrogen-bond donors (Lipinski definition) is 0. The Morgan fingerprint density at radius 3 is 2.86 bits per heavy atom. The molecule has 7 heteroatoms. The first-order chi connectivity index (χ1) is 10.6. The van der Waals surface area contributed by atoms with Crippen LogP contribution in [0, 0.1) is 0 Å². The predicted octanol–water partition coefficient (Wildman–Crippen LogP) is 2.41. The summed E-state index contributed by atoms with van der Waals surface area (Å²) in [6.45, 7) is 3.06. The Morgan fingerprint density at radius 1 is 1.36 bits per heavy atom. The fraction of sp³-hybridized carbons (Fsp3) is 0.400. The molecule has 3 aromatic rings. The van der Waals surface area contributed by atoms with Gasteiger partial charge in [0.15, 0.2) is 11.6 Å². The first kappa shape index (κ1) is 14.9. The lowest BCUT2D eigenvalue weighted by Crippen LogP contribution is -2.12. The van der Waals surface area contributed by atoms with E-state index < -0.39 is 0 Å². The van der Waals surface area contributed by atoms with Gasteiger partial charge in [-0.05, 0) is 38.0 Å². The molecule has 0 bridgehead atoms. The molecule has 1 atom stereocenters. The van der Waals surface area contributed by atoms with Crippen LogP contribution >= 0.6 is 11.3 Å². The molecule has 0 aliphatic heterocycles. The minimum atomic E-state index is 0.0874. The van der Waals surface area contributed by atoms with Gasteiger partial charge in [0.25, 0.3) is 0 Å². The normalized spacial score (nSPS) is 13.0. The summed E-state index contributed by atoms with van der Waals surface area (Å²) in [4.78, 5) is 7.89. The largest absolute Gasteiger partial charge is 0.320 e. The molecule has 3 rings (SSSR count). The first-order valence-electron chi connectivity index (χ1n) is 7.15. The molecule has 0 saturated carbocycles. The summed E-state index contributed by atoms with van der Waals surface area (Å²) in [5.41, 5.74) is 1.31. The van der Waals surface area contributed by atoms with Gasteiger partial charge < -0.3 is 14.0 Å². The van der Waals surface area contributed by atoms with Crippen LogP contribution in [-0.4, -0.2) is 43.3 Å². The average molecular weight is 316 g/mol. The number of nitrogens with zero attached hydrogens (tertiary/aromatic N) is 6. The van der Waals surface area contributed by atoms with Crippen molar-refractivity contribution in [1.29, 1.82) is 0 Å². The Kier molecular flexibility index (Phi) is 4.08. The highest BCUT2D eigenvalue weighted by molar-refractivity contribution is 7.13. The first-order valence-corrected chi connectivity index (χ1v) is 8.03. The molecule has 0 radical (unpaired) electrons. The molecule has 22 heavy (non-hydrogen) atoms. The SMILES string of the molecule is C[C@@H](c1nncn1C)n1ccnc1-c1cc(CN(C)C)cs1. The Hall–Kier alpha value is -1.99. The molecule has 0 aliphatic carbocycles. The third-order valence-electron chi connectivity index (χ3n) is 3.58. The molecule has 0 aromatic carbocycles. The molecule has 0 fully saturated rings. The monoisotopic (exact) mass is 316 g/mol. The third kappa shape index (κ3) is 2.82. The van der Waals surface area contributed by atoms with Crippen molar-refractivity contribution in [2.45, 2.75) is 19.5 Å². The van der Waals surface area contributed by atoms with E-state index in [9.17, 15) is 0 Å². The maximum Gasteiger partial charge on any atom is 0.155 e. The molecular formula is C15H20N6S. The minimum absolute atomic E-state index is 0.0874. The second kappa shape index (κ2) is 6.02. The number of imidazole rings is 1. The second-order valence-corrected chi connectivity index (χ2v) is 6.60. The van der Waals surface area contributed by atoms with Gasteiger partial charge in [0.2, 0.25) is 0 Å². The van der Waals surface area contributed by atoms with E-state index in [0.717, 1.165) is 18.2 Å². The topological polar surface area (TPSA) is 51.8 Å². The summed E-state index contributed by atoms with van der Waals surface area (Å²) in [5, 5.41) is 10.4. The molecule has 0 spiro atoms. The van der Waals surface area contributed by atoms with Crippen LogP contribution in [0.4, 0.5) is 0 Å². The van der Waals surface area contributed by atoms with Crippen LogP contribution < -0.4 is 0 Å². The average Bonchev–Trinajstić information content (AvgIpc) is 3.16. The van der Waals surface area contributed by atoms with E-state index in [1.807, 2.05) is 24.0 Å². The van der Waals surface area contributed by atoms with Gasteiger partial charge in [0.05, 0.1) is 10.9 Å². The Labute approximate surface area is 134 Å². The summed E-state index contributed by atoms with van der Waals surface area (Å²) < 4.78 is 4.09. The van der Waals surface area contributed by atoms with Gasteiger partial charge in [-0.25, -0.2) is 4.98 Å². The zero-order chi connectivity index (χ0) is 15.7. The van der Waals surface area contributed by atoms with E-state index in [2.05, 4.69) is 57.1 Å². The second-order valence-electron chi connectivity index (χ2n) is 5.69. The van der Waals surface area contributed by atoms with Crippen molar-refractivity contribution in [2.24, 2.45) is 7.05 Å². The lowest BCUT2D eigenvalue weighted by Gasteiger charge is -2.14. The van der Waals surface area contributed by atoms with Crippen molar-refractivity contribution < 1.29 is 0 Å². The van der Waals surface area contributed by atoms with Gasteiger partial charge in [0.1, 0.15) is 6.33 Å². The van der Waals surface area contributed by atoms with E-state index in [0.29, 0.717) is 0 Å². The standard InChI is InChI=1S/C15H20N6S/c1-11(14-18-17-10-20(14)4)21-6-5-16-15(21)13-7-12(9-22-13)8-19(2)3/h5-7,9-11H,8H2,1-4H3/t11-/m0/s1. The molecule has 0 unspecified atom stereocenters. The Morgan fingerprint density at radius 2 is 2.18 bits per heavy atom. The molecule has 116 valence electrons. The van der Waals surface area contributed by atoms with Crippen molar-refractivity contribution in [2.75, 3.05) is 14.1 Å². The van der Waals surface area contributed by atoms with E-state index in [4.69, 9.17) is 0 Å². The number of thiophene rings is 1. The van der Waals surface area contributed by atoms with Crippen LogP contribution in [0.15, 0.2) is 30.2 Å². The van der Waals surface area contributed by atoms with E-state index in [1.54, 1.807) is 17.7 Å². The fourth-order valence-corrected chi connectivity index (χ4v) is 3.46. The van der Waals surface area contributed by atoms with Gasteiger partial charge >= 0.3 is 0 Å². The van der Waals surface area contributed by atoms with Gasteiger partial charge in [-0.15, -0.1) is 21.5 Å². The molecule has 3 aromatic heterocycles. The molecule has 6 nitrogen and oxygen atoms in total. The maximum atomic E-state index is 4.54. The molecule has 0 saturated heterocycles. The van der Waals surface area contributed by atoms with Crippen molar-refractivity contribution in [1.82, 2.24) is 29.2 Å². The molecule has 3 heterocycles. The van der Waals surface area contributed by atoms with Crippen molar-refractivity contribution in [3.05, 3.63) is 41.6 Å². The fourth-order valence-electron chi connectivity index (χ4n) is 2.55. The number of aromatic nitrogens is 5. The lowest BCUT2D eigenvalue weighted by atomic mass is 10.2. The number of hydrogen-bond acceptors (Lipinski definition) is 5. The van der Waals surface area contributed by atoms with Gasteiger partial charge in [0, 0.05) is 26.0 Å².